The summed E-state index contributed by atoms with van der Waals surface area (Å²) in [6.45, 7) is 1.81. The van der Waals surface area contributed by atoms with Gasteiger partial charge in [-0.1, -0.05) is 12.1 Å². The molecule has 11 heteroatoms. The number of aromatic nitrogens is 3. The number of carbonyl (C=O) groups excluding carboxylic acids is 1. The van der Waals surface area contributed by atoms with Gasteiger partial charge in [-0.15, -0.1) is 5.10 Å². The standard InChI is InChI=1S/C29H29N5O6/c1-16-24(28(36)31-20-8-6-7-9-21(20)37-2)25(18-14-22(38-3)26(40-5)23(15-18)39-4)34-29(30-16)32-27(33-34)17-10-12-19(35)13-11-17/h6-15,25,35H,1-5H3,(H,31,36)(H,30,32,33). The van der Waals surface area contributed by atoms with Crippen LogP contribution >= 0.6 is 0 Å². The lowest BCUT2D eigenvalue weighted by atomic mass is 9.94. The van der Waals surface area contributed by atoms with Gasteiger partial charge in [0.15, 0.2) is 17.3 Å². The first-order valence-corrected chi connectivity index (χ1v) is 12.4. The van der Waals surface area contributed by atoms with Crippen molar-refractivity contribution in [1.82, 2.24) is 14.8 Å². The molecule has 1 aromatic heterocycles. The minimum atomic E-state index is -0.724. The quantitative estimate of drug-likeness (QED) is 0.292. The van der Waals surface area contributed by atoms with E-state index in [1.54, 1.807) is 67.2 Å². The van der Waals surface area contributed by atoms with Crippen molar-refractivity contribution >= 4 is 17.5 Å². The number of aromatic hydroxyl groups is 1. The number of allylic oxidation sites excluding steroid dienone is 1. The van der Waals surface area contributed by atoms with Crippen molar-refractivity contribution in [3.05, 3.63) is 77.5 Å². The summed E-state index contributed by atoms with van der Waals surface area (Å²) in [7, 11) is 6.14. The number of para-hydroxylation sites is 2. The van der Waals surface area contributed by atoms with Crippen LogP contribution in [0.4, 0.5) is 11.6 Å². The SMILES string of the molecule is COc1ccccc1NC(=O)C1=C(C)Nc2nc(-c3ccc(O)cc3)nn2C1c1cc(OC)c(OC)c(OC)c1. The highest BCUT2D eigenvalue weighted by molar-refractivity contribution is 6.06. The highest BCUT2D eigenvalue weighted by Gasteiger charge is 2.36. The molecule has 1 atom stereocenters. The molecule has 0 bridgehead atoms. The lowest BCUT2D eigenvalue weighted by molar-refractivity contribution is -0.113. The maximum atomic E-state index is 13.9. The van der Waals surface area contributed by atoms with E-state index in [-0.39, 0.29) is 11.7 Å². The number of hydrogen-bond donors (Lipinski definition) is 3. The molecule has 3 aromatic carbocycles. The van der Waals surface area contributed by atoms with Gasteiger partial charge in [0.25, 0.3) is 5.91 Å². The van der Waals surface area contributed by atoms with Gasteiger partial charge in [0.1, 0.15) is 17.5 Å². The van der Waals surface area contributed by atoms with Crippen LogP contribution in [0.3, 0.4) is 0 Å². The van der Waals surface area contributed by atoms with Gasteiger partial charge in [-0.05, 0) is 61.0 Å². The molecule has 1 aliphatic rings. The summed E-state index contributed by atoms with van der Waals surface area (Å²) in [6, 6.07) is 16.6. The van der Waals surface area contributed by atoms with Crippen LogP contribution in [0, 0.1) is 0 Å². The maximum Gasteiger partial charge on any atom is 0.255 e. The number of fused-ring (bicyclic) bond motifs is 1. The predicted molar refractivity (Wildman–Crippen MR) is 149 cm³/mol. The Morgan fingerprint density at radius 2 is 1.57 bits per heavy atom. The van der Waals surface area contributed by atoms with E-state index in [1.807, 2.05) is 12.1 Å². The van der Waals surface area contributed by atoms with Gasteiger partial charge >= 0.3 is 0 Å². The smallest absolute Gasteiger partial charge is 0.255 e. The molecule has 0 aliphatic carbocycles. The van der Waals surface area contributed by atoms with Crippen LogP contribution in [0.5, 0.6) is 28.7 Å². The van der Waals surface area contributed by atoms with Crippen molar-refractivity contribution in [2.45, 2.75) is 13.0 Å². The van der Waals surface area contributed by atoms with Gasteiger partial charge in [0.05, 0.1) is 39.7 Å². The Labute approximate surface area is 231 Å². The normalized spacial score (nSPS) is 14.2. The van der Waals surface area contributed by atoms with E-state index < -0.39 is 6.04 Å². The summed E-state index contributed by atoms with van der Waals surface area (Å²) in [5.41, 5.74) is 2.86. The zero-order valence-corrected chi connectivity index (χ0v) is 22.7. The number of hydrogen-bond acceptors (Lipinski definition) is 9. The largest absolute Gasteiger partial charge is 0.508 e. The van der Waals surface area contributed by atoms with E-state index in [9.17, 15) is 9.90 Å². The summed E-state index contributed by atoms with van der Waals surface area (Å²) < 4.78 is 23.8. The number of amides is 1. The van der Waals surface area contributed by atoms with E-state index in [1.165, 1.54) is 21.3 Å². The minimum absolute atomic E-state index is 0.133. The van der Waals surface area contributed by atoms with Gasteiger partial charge in [-0.3, -0.25) is 4.79 Å². The number of rotatable bonds is 8. The third-order valence-electron chi connectivity index (χ3n) is 6.58. The van der Waals surface area contributed by atoms with Crippen LogP contribution in [-0.4, -0.2) is 54.2 Å². The van der Waals surface area contributed by atoms with E-state index in [4.69, 9.17) is 24.0 Å². The number of methoxy groups -OCH3 is 4. The first kappa shape index (κ1) is 26.4. The Kier molecular flexibility index (Phi) is 7.19. The topological polar surface area (TPSA) is 129 Å². The lowest BCUT2D eigenvalue weighted by Gasteiger charge is -2.29. The molecule has 4 aromatic rings. The molecule has 0 radical (unpaired) electrons. The second-order valence-corrected chi connectivity index (χ2v) is 8.93. The van der Waals surface area contributed by atoms with Gasteiger partial charge in [0, 0.05) is 11.3 Å². The van der Waals surface area contributed by atoms with Crippen LogP contribution < -0.4 is 29.6 Å². The molecular formula is C29H29N5O6. The summed E-state index contributed by atoms with van der Waals surface area (Å²) in [5, 5.41) is 20.7. The van der Waals surface area contributed by atoms with Gasteiger partial charge < -0.3 is 34.7 Å². The van der Waals surface area contributed by atoms with E-state index in [0.29, 0.717) is 62.9 Å². The number of phenols is 1. The molecule has 11 nitrogen and oxygen atoms in total. The highest BCUT2D eigenvalue weighted by Crippen LogP contribution is 2.44. The highest BCUT2D eigenvalue weighted by atomic mass is 16.5. The maximum absolute atomic E-state index is 13.9. The molecule has 1 aliphatic heterocycles. The van der Waals surface area contributed by atoms with Crippen LogP contribution in [0.15, 0.2) is 71.9 Å². The Balaban J connectivity index is 1.67. The number of nitrogens with one attached hydrogen (secondary N) is 2. The fourth-order valence-corrected chi connectivity index (χ4v) is 4.68. The van der Waals surface area contributed by atoms with Crippen molar-refractivity contribution in [3.8, 4) is 40.1 Å². The van der Waals surface area contributed by atoms with Crippen LogP contribution in [0.2, 0.25) is 0 Å². The summed E-state index contributed by atoms with van der Waals surface area (Å²) in [5.74, 6) is 2.43. The molecule has 5 rings (SSSR count). The van der Waals surface area contributed by atoms with Crippen LogP contribution in [0.25, 0.3) is 11.4 Å². The predicted octanol–water partition coefficient (Wildman–Crippen LogP) is 4.61. The van der Waals surface area contributed by atoms with Crippen molar-refractivity contribution < 1.29 is 28.8 Å². The molecule has 0 spiro atoms. The van der Waals surface area contributed by atoms with Crippen molar-refractivity contribution in [2.75, 3.05) is 39.1 Å². The van der Waals surface area contributed by atoms with Crippen LogP contribution in [0.1, 0.15) is 18.5 Å². The lowest BCUT2D eigenvalue weighted by Crippen LogP contribution is -2.31. The average molecular weight is 544 g/mol. The van der Waals surface area contributed by atoms with Gasteiger partial charge in [-0.25, -0.2) is 4.68 Å². The van der Waals surface area contributed by atoms with E-state index in [0.717, 1.165) is 0 Å². The second kappa shape index (κ2) is 10.9. The molecule has 3 N–H and O–H groups in total. The first-order chi connectivity index (χ1) is 19.4. The number of ether oxygens (including phenoxy) is 4. The molecule has 0 fully saturated rings. The minimum Gasteiger partial charge on any atom is -0.508 e. The zero-order valence-electron chi connectivity index (χ0n) is 22.7. The monoisotopic (exact) mass is 543 g/mol. The first-order valence-electron chi connectivity index (χ1n) is 12.4. The Morgan fingerprint density at radius 1 is 0.925 bits per heavy atom. The number of benzene rings is 3. The van der Waals surface area contributed by atoms with Crippen molar-refractivity contribution in [3.63, 3.8) is 0 Å². The molecule has 0 saturated heterocycles. The third-order valence-corrected chi connectivity index (χ3v) is 6.58. The third kappa shape index (κ3) is 4.73. The number of anilines is 2. The summed E-state index contributed by atoms with van der Waals surface area (Å²) in [6.07, 6.45) is 0. The van der Waals surface area contributed by atoms with Crippen molar-refractivity contribution in [1.29, 1.82) is 0 Å². The summed E-state index contributed by atoms with van der Waals surface area (Å²) >= 11 is 0. The zero-order chi connectivity index (χ0) is 28.4. The van der Waals surface area contributed by atoms with Crippen molar-refractivity contribution in [2.24, 2.45) is 0 Å². The fourth-order valence-electron chi connectivity index (χ4n) is 4.68. The molecule has 0 saturated carbocycles. The molecule has 1 unspecified atom stereocenters. The second-order valence-electron chi connectivity index (χ2n) is 8.93. The molecule has 2 heterocycles. The number of carbonyl (C=O) groups is 1. The van der Waals surface area contributed by atoms with Crippen LogP contribution in [-0.2, 0) is 4.79 Å². The Hall–Kier alpha value is -5.19. The number of nitrogens with zero attached hydrogens (tertiary/aromatic N) is 3. The van der Waals surface area contributed by atoms with E-state index in [2.05, 4.69) is 15.6 Å². The molecular weight excluding hydrogens is 514 g/mol. The summed E-state index contributed by atoms with van der Waals surface area (Å²) in [4.78, 5) is 18.6. The van der Waals surface area contributed by atoms with Gasteiger partial charge in [0.2, 0.25) is 11.7 Å². The van der Waals surface area contributed by atoms with Gasteiger partial charge in [-0.2, -0.15) is 4.98 Å². The van der Waals surface area contributed by atoms with E-state index >= 15 is 0 Å². The Bertz CT molecular complexity index is 1570. The molecule has 1 amide bonds. The Morgan fingerprint density at radius 3 is 2.20 bits per heavy atom. The number of phenolic OH excluding ortho intramolecular Hbond substituents is 1. The molecule has 206 valence electrons. The molecule has 40 heavy (non-hydrogen) atoms. The average Bonchev–Trinajstić information content (AvgIpc) is 3.39. The fraction of sp³-hybridized carbons (Fsp3) is 0.207.